The number of carbonyl (C=O) groups excluding carboxylic acids is 1. The number of alkyl halides is 1. The first kappa shape index (κ1) is 38.3. The molecule has 290 valence electrons. The van der Waals surface area contributed by atoms with Crippen LogP contribution in [0.25, 0.3) is 32.9 Å². The summed E-state index contributed by atoms with van der Waals surface area (Å²) in [4.78, 5) is 27.9. The third-order valence-electron chi connectivity index (χ3n) is 12.0. The third-order valence-corrected chi connectivity index (χ3v) is 12.0. The molecule has 3 fully saturated rings. The van der Waals surface area contributed by atoms with Gasteiger partial charge in [-0.05, 0) is 82.0 Å². The number of benzene rings is 2. The van der Waals surface area contributed by atoms with Crippen molar-refractivity contribution in [3.63, 3.8) is 0 Å². The Balaban J connectivity index is 1.28. The highest BCUT2D eigenvalue weighted by atomic mass is 19.1. The van der Waals surface area contributed by atoms with E-state index in [9.17, 15) is 19.4 Å². The molecule has 10 nitrogen and oxygen atoms in total. The number of likely N-dealkylation sites (tertiary alicyclic amines) is 1. The van der Waals surface area contributed by atoms with Crippen LogP contribution >= 0.6 is 0 Å². The van der Waals surface area contributed by atoms with Crippen molar-refractivity contribution in [2.45, 2.75) is 95.0 Å². The molecule has 1 saturated heterocycles. The summed E-state index contributed by atoms with van der Waals surface area (Å²) in [6.45, 7) is 8.38. The van der Waals surface area contributed by atoms with Crippen molar-refractivity contribution in [2.24, 2.45) is 5.41 Å². The molecule has 2 aromatic heterocycles. The van der Waals surface area contributed by atoms with Gasteiger partial charge >= 0.3 is 6.01 Å². The largest absolute Gasteiger partial charge is 0.508 e. The lowest BCUT2D eigenvalue weighted by Crippen LogP contribution is -2.53. The number of amides is 1. The number of halogens is 3. The first-order chi connectivity index (χ1) is 26.2. The lowest BCUT2D eigenvalue weighted by Gasteiger charge is -2.44. The van der Waals surface area contributed by atoms with Gasteiger partial charge in [-0.3, -0.25) is 14.7 Å². The van der Waals surface area contributed by atoms with E-state index in [4.69, 9.17) is 16.1 Å². The number of anilines is 1. The summed E-state index contributed by atoms with van der Waals surface area (Å²) < 4.78 is 53.4. The normalized spacial score (nSPS) is 25.2. The molecule has 1 aliphatic heterocycles. The fraction of sp³-hybridized carbons (Fsp3) is 0.476. The number of carbonyl (C=O) groups is 1. The Morgan fingerprint density at radius 2 is 1.89 bits per heavy atom. The van der Waals surface area contributed by atoms with Crippen LogP contribution < -0.4 is 15.4 Å². The van der Waals surface area contributed by atoms with E-state index >= 15 is 8.78 Å². The predicted octanol–water partition coefficient (Wildman–Crippen LogP) is 6.96. The lowest BCUT2D eigenvalue weighted by atomic mass is 9.82. The zero-order chi connectivity index (χ0) is 39.1. The number of hydrogen-bond acceptors (Lipinski definition) is 9. The molecule has 0 bridgehead atoms. The Labute approximate surface area is 318 Å². The number of aromatic nitrogens is 3. The second-order valence-electron chi connectivity index (χ2n) is 16.1. The van der Waals surface area contributed by atoms with Crippen molar-refractivity contribution >= 4 is 33.4 Å². The number of phenolic OH excluding ortho intramolecular Hbond substituents is 1. The SMILES string of the molecule is C#Cc1c(F)ccc2cc(O)cc(-c3ncc4c(NCC5(CNC(=O)C=C)CCCC5)nc(OC[C@]5(C)C[C@@H](F)CN5C5CCC(C)(O)CC5)nc4c3F)c12. The quantitative estimate of drug-likeness (QED) is 0.0948. The molecule has 2 aromatic carbocycles. The fourth-order valence-electron chi connectivity index (χ4n) is 8.92. The number of nitrogens with one attached hydrogen (secondary N) is 2. The van der Waals surface area contributed by atoms with Gasteiger partial charge in [-0.2, -0.15) is 9.97 Å². The summed E-state index contributed by atoms with van der Waals surface area (Å²) in [6.07, 6.45) is 13.8. The first-order valence-electron chi connectivity index (χ1n) is 18.9. The van der Waals surface area contributed by atoms with E-state index in [0.717, 1.165) is 38.5 Å². The molecule has 0 unspecified atom stereocenters. The van der Waals surface area contributed by atoms with E-state index in [1.54, 1.807) is 0 Å². The van der Waals surface area contributed by atoms with Crippen molar-refractivity contribution < 1.29 is 32.9 Å². The van der Waals surface area contributed by atoms with Crippen LogP contribution in [0.5, 0.6) is 11.8 Å². The summed E-state index contributed by atoms with van der Waals surface area (Å²) in [7, 11) is 0. The fourth-order valence-corrected chi connectivity index (χ4v) is 8.92. The van der Waals surface area contributed by atoms with Crippen LogP contribution in [0.2, 0.25) is 0 Å². The van der Waals surface area contributed by atoms with Crippen molar-refractivity contribution in [2.75, 3.05) is 31.6 Å². The summed E-state index contributed by atoms with van der Waals surface area (Å²) in [5.41, 5.74) is -2.15. The number of aliphatic hydroxyl groups is 1. The summed E-state index contributed by atoms with van der Waals surface area (Å²) >= 11 is 0. The van der Waals surface area contributed by atoms with Crippen LogP contribution in [0.3, 0.4) is 0 Å². The van der Waals surface area contributed by atoms with E-state index in [-0.39, 0.29) is 87.6 Å². The Kier molecular flexibility index (Phi) is 10.4. The predicted molar refractivity (Wildman–Crippen MR) is 205 cm³/mol. The lowest BCUT2D eigenvalue weighted by molar-refractivity contribution is -0.116. The molecule has 3 aliphatic rings. The Morgan fingerprint density at radius 3 is 2.60 bits per heavy atom. The summed E-state index contributed by atoms with van der Waals surface area (Å²) in [6, 6.07) is 5.26. The number of hydrogen-bond donors (Lipinski definition) is 4. The number of rotatable bonds is 11. The van der Waals surface area contributed by atoms with E-state index in [1.165, 1.54) is 36.5 Å². The number of fused-ring (bicyclic) bond motifs is 2. The molecule has 0 radical (unpaired) electrons. The molecule has 7 rings (SSSR count). The zero-order valence-electron chi connectivity index (χ0n) is 31.2. The number of nitrogens with zero attached hydrogens (tertiary/aromatic N) is 4. The van der Waals surface area contributed by atoms with Crippen LogP contribution in [0.15, 0.2) is 43.1 Å². The van der Waals surface area contributed by atoms with Crippen molar-refractivity contribution in [1.29, 1.82) is 0 Å². The van der Waals surface area contributed by atoms with Gasteiger partial charge < -0.3 is 25.6 Å². The van der Waals surface area contributed by atoms with Gasteiger partial charge in [0.1, 0.15) is 41.4 Å². The molecular formula is C42H47F3N6O4. The van der Waals surface area contributed by atoms with Gasteiger partial charge in [0.05, 0.1) is 22.1 Å². The van der Waals surface area contributed by atoms with Crippen LogP contribution in [0.1, 0.15) is 77.2 Å². The molecule has 0 spiro atoms. The van der Waals surface area contributed by atoms with E-state index in [1.807, 2.05) is 13.8 Å². The molecule has 55 heavy (non-hydrogen) atoms. The molecular weight excluding hydrogens is 709 g/mol. The zero-order valence-corrected chi connectivity index (χ0v) is 31.2. The van der Waals surface area contributed by atoms with Gasteiger partial charge in [0.15, 0.2) is 5.82 Å². The smallest absolute Gasteiger partial charge is 0.319 e. The van der Waals surface area contributed by atoms with Crippen LogP contribution in [-0.2, 0) is 4.79 Å². The topological polar surface area (TPSA) is 133 Å². The molecule has 4 N–H and O–H groups in total. The minimum atomic E-state index is -1.07. The maximum Gasteiger partial charge on any atom is 0.319 e. The minimum Gasteiger partial charge on any atom is -0.508 e. The summed E-state index contributed by atoms with van der Waals surface area (Å²) in [5.74, 6) is 0.590. The highest BCUT2D eigenvalue weighted by Crippen LogP contribution is 2.42. The number of phenols is 1. The number of pyridine rings is 1. The van der Waals surface area contributed by atoms with Gasteiger partial charge in [-0.1, -0.05) is 31.4 Å². The second-order valence-corrected chi connectivity index (χ2v) is 16.1. The van der Waals surface area contributed by atoms with Crippen LogP contribution in [-0.4, -0.2) is 85.6 Å². The maximum absolute atomic E-state index is 17.0. The summed E-state index contributed by atoms with van der Waals surface area (Å²) in [5, 5.41) is 28.3. The molecule has 2 atom stereocenters. The Bertz CT molecular complexity index is 2170. The average Bonchev–Trinajstić information content (AvgIpc) is 3.75. The Hall–Kier alpha value is -4.93. The van der Waals surface area contributed by atoms with Crippen molar-refractivity contribution in [3.05, 3.63) is 60.3 Å². The van der Waals surface area contributed by atoms with Crippen molar-refractivity contribution in [3.8, 4) is 35.4 Å². The molecule has 3 heterocycles. The van der Waals surface area contributed by atoms with E-state index in [2.05, 4.69) is 38.0 Å². The van der Waals surface area contributed by atoms with Gasteiger partial charge in [-0.25, -0.2) is 13.2 Å². The van der Waals surface area contributed by atoms with Crippen molar-refractivity contribution in [1.82, 2.24) is 25.2 Å². The molecule has 2 aliphatic carbocycles. The van der Waals surface area contributed by atoms with Gasteiger partial charge in [0.2, 0.25) is 5.91 Å². The first-order valence-corrected chi connectivity index (χ1v) is 18.9. The average molecular weight is 757 g/mol. The number of terminal acetylenes is 1. The molecule has 1 amide bonds. The minimum absolute atomic E-state index is 0.0182. The highest BCUT2D eigenvalue weighted by molar-refractivity contribution is 6.03. The van der Waals surface area contributed by atoms with E-state index < -0.39 is 28.9 Å². The third kappa shape index (κ3) is 7.67. The van der Waals surface area contributed by atoms with Crippen LogP contribution in [0, 0.1) is 29.4 Å². The molecule has 4 aromatic rings. The number of aromatic hydroxyl groups is 1. The maximum atomic E-state index is 17.0. The number of ether oxygens (including phenoxy) is 1. The van der Waals surface area contributed by atoms with Gasteiger partial charge in [-0.15, -0.1) is 6.42 Å². The monoisotopic (exact) mass is 756 g/mol. The molecule has 2 saturated carbocycles. The highest BCUT2D eigenvalue weighted by Gasteiger charge is 2.47. The van der Waals surface area contributed by atoms with E-state index in [0.29, 0.717) is 31.3 Å². The molecule has 13 heteroatoms. The van der Waals surface area contributed by atoms with Crippen LogP contribution in [0.4, 0.5) is 19.0 Å². The van der Waals surface area contributed by atoms with Gasteiger partial charge in [0.25, 0.3) is 0 Å². The van der Waals surface area contributed by atoms with Gasteiger partial charge in [0, 0.05) is 54.7 Å². The second kappa shape index (κ2) is 15.0. The Morgan fingerprint density at radius 1 is 1.15 bits per heavy atom. The standard InChI is InChI=1S/C42H47F3N6O4/c1-5-29-32(44)10-9-25-17-28(52)18-30(34(25)29)36-35(45)37-31(20-46-36)38(48-23-42(13-7-8-14-42)22-47-33(53)6-2)50-39(49-37)55-24-40(3)19-26(43)21-51(40)27-11-15-41(4,54)16-12-27/h1,6,9-10,17-18,20,26-27,52,54H,2,7-8,11-16,19,21-24H2,3-4H3,(H,47,53)(H,48,49,50)/t26-,27?,40+,41?/m1/s1.